The van der Waals surface area contributed by atoms with Crippen LogP contribution in [0.5, 0.6) is 11.5 Å². The first-order valence-electron chi connectivity index (χ1n) is 10.9. The minimum atomic E-state index is -0.0786. The van der Waals surface area contributed by atoms with Crippen LogP contribution < -0.4 is 9.47 Å². The minimum absolute atomic E-state index is 0.0786. The maximum atomic E-state index is 13.1. The quantitative estimate of drug-likeness (QED) is 0.517. The third-order valence-corrected chi connectivity index (χ3v) is 6.06. The van der Waals surface area contributed by atoms with Crippen LogP contribution in [-0.4, -0.2) is 22.4 Å². The average Bonchev–Trinajstić information content (AvgIpc) is 3.10. The third-order valence-electron chi connectivity index (χ3n) is 6.06. The summed E-state index contributed by atoms with van der Waals surface area (Å²) in [7, 11) is 0. The molecule has 0 radical (unpaired) electrons. The van der Waals surface area contributed by atoms with Gasteiger partial charge in [0.2, 0.25) is 5.78 Å². The molecule has 32 heavy (non-hydrogen) atoms. The van der Waals surface area contributed by atoms with Crippen LogP contribution in [0.15, 0.2) is 60.6 Å². The fourth-order valence-electron chi connectivity index (χ4n) is 4.27. The number of Topliss-reactive ketones (excluding diaryl/α,β-unsaturated/α-hetero) is 1. The Hall–Kier alpha value is -3.44. The van der Waals surface area contributed by atoms with Crippen LogP contribution in [-0.2, 0) is 13.1 Å². The van der Waals surface area contributed by atoms with Crippen LogP contribution in [0.1, 0.15) is 57.9 Å². The second-order valence-corrected chi connectivity index (χ2v) is 8.74. The number of fused-ring (bicyclic) bond motifs is 2. The number of hydrogen-bond donors (Lipinski definition) is 0. The number of hydrogen-bond acceptors (Lipinski definition) is 5. The Morgan fingerprint density at radius 1 is 1.09 bits per heavy atom. The molecule has 3 aromatic rings. The first-order chi connectivity index (χ1) is 15.5. The molecule has 2 aromatic carbocycles. The number of pyridine rings is 1. The van der Waals surface area contributed by atoms with E-state index in [1.165, 1.54) is 11.1 Å². The molecular formula is C27H26N2O3. The Bertz CT molecular complexity index is 1200. The van der Waals surface area contributed by atoms with Crippen LogP contribution >= 0.6 is 0 Å². The smallest absolute Gasteiger partial charge is 0.231 e. The van der Waals surface area contributed by atoms with Crippen molar-refractivity contribution in [1.82, 2.24) is 9.88 Å². The summed E-state index contributed by atoms with van der Waals surface area (Å²) in [5, 5.41) is 0. The van der Waals surface area contributed by atoms with Gasteiger partial charge in [-0.05, 0) is 53.8 Å². The molecule has 1 aromatic heterocycles. The summed E-state index contributed by atoms with van der Waals surface area (Å²) in [5.41, 5.74) is 5.91. The van der Waals surface area contributed by atoms with Gasteiger partial charge in [0.05, 0.1) is 5.56 Å². The maximum absolute atomic E-state index is 13.1. The normalized spacial score (nSPS) is 16.6. The van der Waals surface area contributed by atoms with E-state index in [2.05, 4.69) is 35.9 Å². The Morgan fingerprint density at radius 3 is 2.56 bits per heavy atom. The van der Waals surface area contributed by atoms with Crippen molar-refractivity contribution in [2.45, 2.75) is 39.8 Å². The van der Waals surface area contributed by atoms with Crippen LogP contribution in [0.3, 0.4) is 0 Å². The molecule has 0 saturated heterocycles. The lowest BCUT2D eigenvalue weighted by molar-refractivity contribution is 0.0876. The lowest BCUT2D eigenvalue weighted by Crippen LogP contribution is -2.32. The van der Waals surface area contributed by atoms with E-state index >= 15 is 0 Å². The van der Waals surface area contributed by atoms with Gasteiger partial charge in [-0.2, -0.15) is 0 Å². The number of carbonyl (C=O) groups excluding carboxylic acids is 1. The second-order valence-electron chi connectivity index (χ2n) is 8.74. The molecule has 5 rings (SSSR count). The Balaban J connectivity index is 1.40. The predicted molar refractivity (Wildman–Crippen MR) is 124 cm³/mol. The minimum Gasteiger partial charge on any atom is -0.477 e. The van der Waals surface area contributed by atoms with Crippen molar-refractivity contribution in [3.63, 3.8) is 0 Å². The lowest BCUT2D eigenvalue weighted by Gasteiger charge is -2.30. The molecular weight excluding hydrogens is 400 g/mol. The summed E-state index contributed by atoms with van der Waals surface area (Å²) >= 11 is 0. The Kier molecular flexibility index (Phi) is 5.27. The van der Waals surface area contributed by atoms with Crippen molar-refractivity contribution in [3.05, 3.63) is 94.0 Å². The number of aromatic nitrogens is 1. The van der Waals surface area contributed by atoms with Crippen LogP contribution in [0.2, 0.25) is 0 Å². The number of ketones is 1. The summed E-state index contributed by atoms with van der Waals surface area (Å²) in [6, 6.07) is 14.2. The summed E-state index contributed by atoms with van der Waals surface area (Å²) in [6.45, 7) is 8.27. The number of allylic oxidation sites excluding steroid dienone is 1. The molecule has 0 bridgehead atoms. The highest BCUT2D eigenvalue weighted by atomic mass is 16.5. The number of carbonyl (C=O) groups is 1. The van der Waals surface area contributed by atoms with Gasteiger partial charge in [-0.25, -0.2) is 0 Å². The van der Waals surface area contributed by atoms with E-state index < -0.39 is 0 Å². The summed E-state index contributed by atoms with van der Waals surface area (Å²) in [4.78, 5) is 19.4. The number of nitrogens with zero attached hydrogens (tertiary/aromatic N) is 2. The fraction of sp³-hybridized carbons (Fsp3) is 0.259. The van der Waals surface area contributed by atoms with Gasteiger partial charge in [0.25, 0.3) is 0 Å². The zero-order valence-electron chi connectivity index (χ0n) is 18.6. The van der Waals surface area contributed by atoms with Gasteiger partial charge in [0, 0.05) is 36.6 Å². The van der Waals surface area contributed by atoms with Crippen molar-refractivity contribution >= 4 is 11.9 Å². The third kappa shape index (κ3) is 3.80. The van der Waals surface area contributed by atoms with Gasteiger partial charge in [0.15, 0.2) is 5.76 Å². The van der Waals surface area contributed by atoms with Gasteiger partial charge in [0.1, 0.15) is 18.2 Å². The fourth-order valence-corrected chi connectivity index (χ4v) is 4.27. The lowest BCUT2D eigenvalue weighted by atomic mass is 9.99. The Labute approximate surface area is 188 Å². The molecule has 0 fully saturated rings. The van der Waals surface area contributed by atoms with Crippen LogP contribution in [0.4, 0.5) is 0 Å². The average molecular weight is 427 g/mol. The Morgan fingerprint density at radius 2 is 1.84 bits per heavy atom. The number of rotatable bonds is 4. The van der Waals surface area contributed by atoms with E-state index in [-0.39, 0.29) is 5.78 Å². The maximum Gasteiger partial charge on any atom is 0.231 e. The monoisotopic (exact) mass is 426 g/mol. The highest BCUT2D eigenvalue weighted by Gasteiger charge is 2.33. The first kappa shape index (κ1) is 20.5. The highest BCUT2D eigenvalue weighted by Crippen LogP contribution is 2.43. The van der Waals surface area contributed by atoms with Crippen molar-refractivity contribution in [3.8, 4) is 11.5 Å². The summed E-state index contributed by atoms with van der Waals surface area (Å²) in [5.74, 6) is 2.19. The molecule has 0 unspecified atom stereocenters. The molecule has 0 aliphatic carbocycles. The topological polar surface area (TPSA) is 51.7 Å². The van der Waals surface area contributed by atoms with Crippen LogP contribution in [0.25, 0.3) is 6.08 Å². The second kappa shape index (κ2) is 8.24. The van der Waals surface area contributed by atoms with E-state index in [1.54, 1.807) is 12.4 Å². The van der Waals surface area contributed by atoms with Gasteiger partial charge >= 0.3 is 0 Å². The van der Waals surface area contributed by atoms with Gasteiger partial charge < -0.3 is 9.47 Å². The van der Waals surface area contributed by atoms with Crippen molar-refractivity contribution < 1.29 is 14.3 Å². The summed E-state index contributed by atoms with van der Waals surface area (Å²) in [6.07, 6.45) is 5.41. The van der Waals surface area contributed by atoms with E-state index in [4.69, 9.17) is 9.47 Å². The zero-order chi connectivity index (χ0) is 22.2. The standard InChI is InChI=1S/C27H26N2O3/c1-17(2)21-6-4-19(5-7-21)12-24-25(30)23-13-22-15-29(14-20-8-10-28-11-9-20)16-31-26(22)18(3)27(23)32-24/h4-13,17H,14-16H2,1-3H3/b24-12-. The molecule has 2 aliphatic rings. The molecule has 0 spiro atoms. The predicted octanol–water partition coefficient (Wildman–Crippen LogP) is 5.48. The van der Waals surface area contributed by atoms with E-state index in [0.717, 1.165) is 35.5 Å². The van der Waals surface area contributed by atoms with Crippen molar-refractivity contribution in [1.29, 1.82) is 0 Å². The summed E-state index contributed by atoms with van der Waals surface area (Å²) < 4.78 is 12.1. The largest absolute Gasteiger partial charge is 0.477 e. The molecule has 0 atom stereocenters. The molecule has 5 nitrogen and oxygen atoms in total. The van der Waals surface area contributed by atoms with Gasteiger partial charge in [-0.1, -0.05) is 38.1 Å². The molecule has 2 aliphatic heterocycles. The van der Waals surface area contributed by atoms with Gasteiger partial charge in [-0.3, -0.25) is 14.7 Å². The van der Waals surface area contributed by atoms with Crippen LogP contribution in [0, 0.1) is 6.92 Å². The molecule has 0 amide bonds. The molecule has 0 N–H and O–H groups in total. The first-order valence-corrected chi connectivity index (χ1v) is 10.9. The zero-order valence-corrected chi connectivity index (χ0v) is 18.6. The van der Waals surface area contributed by atoms with Gasteiger partial charge in [-0.15, -0.1) is 0 Å². The number of benzene rings is 2. The highest BCUT2D eigenvalue weighted by molar-refractivity contribution is 6.15. The van der Waals surface area contributed by atoms with E-state index in [0.29, 0.717) is 29.7 Å². The van der Waals surface area contributed by atoms with Crippen molar-refractivity contribution in [2.24, 2.45) is 0 Å². The SMILES string of the molecule is Cc1c2c(cc3c1O/C(=C\c1ccc(C(C)C)cc1)C3=O)CN(Cc1ccncc1)CO2. The molecule has 162 valence electrons. The molecule has 0 saturated carbocycles. The number of ether oxygens (including phenoxy) is 2. The van der Waals surface area contributed by atoms with E-state index in [9.17, 15) is 4.79 Å². The van der Waals surface area contributed by atoms with E-state index in [1.807, 2.05) is 43.3 Å². The molecule has 3 heterocycles. The van der Waals surface area contributed by atoms with Crippen molar-refractivity contribution in [2.75, 3.05) is 6.73 Å². The molecule has 5 heteroatoms.